The second kappa shape index (κ2) is 7.93. The Morgan fingerprint density at radius 3 is 2.56 bits per heavy atom. The molecule has 0 bridgehead atoms. The van der Waals surface area contributed by atoms with Gasteiger partial charge in [-0.15, -0.1) is 0 Å². The molecule has 5 heteroatoms. The van der Waals surface area contributed by atoms with Crippen LogP contribution in [0.15, 0.2) is 54.2 Å². The first-order chi connectivity index (χ1) is 11.9. The van der Waals surface area contributed by atoms with E-state index in [0.717, 1.165) is 16.8 Å². The van der Waals surface area contributed by atoms with Crippen LogP contribution in [-0.2, 0) is 4.79 Å². The number of rotatable bonds is 5. The van der Waals surface area contributed by atoms with Crippen LogP contribution in [0.4, 0.5) is 11.4 Å². The molecule has 2 aromatic carbocycles. The van der Waals surface area contributed by atoms with E-state index in [1.165, 1.54) is 13.1 Å². The lowest BCUT2D eigenvalue weighted by Crippen LogP contribution is -2.15. The third-order valence-corrected chi connectivity index (χ3v) is 3.66. The highest BCUT2D eigenvalue weighted by atomic mass is 16.1. The summed E-state index contributed by atoms with van der Waals surface area (Å²) in [6.45, 7) is 5.36. The minimum atomic E-state index is -0.541. The van der Waals surface area contributed by atoms with Crippen LogP contribution in [0.25, 0.3) is 0 Å². The summed E-state index contributed by atoms with van der Waals surface area (Å²) in [5, 5.41) is 14.9. The largest absolute Gasteiger partial charge is 0.360 e. The van der Waals surface area contributed by atoms with E-state index in [9.17, 15) is 14.9 Å². The van der Waals surface area contributed by atoms with E-state index in [0.29, 0.717) is 11.3 Å². The number of anilines is 2. The van der Waals surface area contributed by atoms with Gasteiger partial charge in [0.1, 0.15) is 11.6 Å². The van der Waals surface area contributed by atoms with E-state index in [1.54, 1.807) is 24.3 Å². The van der Waals surface area contributed by atoms with Crippen LogP contribution in [0.3, 0.4) is 0 Å². The number of aryl methyl sites for hydroxylation is 2. The quantitative estimate of drug-likeness (QED) is 0.493. The number of carbonyl (C=O) groups excluding carboxylic acids is 2. The van der Waals surface area contributed by atoms with Gasteiger partial charge in [-0.25, -0.2) is 0 Å². The molecule has 0 saturated heterocycles. The van der Waals surface area contributed by atoms with Crippen LogP contribution in [0.2, 0.25) is 0 Å². The van der Waals surface area contributed by atoms with Gasteiger partial charge in [0.25, 0.3) is 5.91 Å². The van der Waals surface area contributed by atoms with Crippen molar-refractivity contribution in [3.05, 3.63) is 70.9 Å². The Hall–Kier alpha value is -3.39. The maximum Gasteiger partial charge on any atom is 0.267 e. The number of benzene rings is 2. The van der Waals surface area contributed by atoms with Gasteiger partial charge < -0.3 is 10.6 Å². The van der Waals surface area contributed by atoms with Crippen LogP contribution in [-0.4, -0.2) is 11.7 Å². The Bertz CT molecular complexity index is 892. The molecular formula is C20H19N3O2. The molecule has 0 atom stereocenters. The average molecular weight is 333 g/mol. The van der Waals surface area contributed by atoms with Crippen molar-refractivity contribution in [1.29, 1.82) is 5.26 Å². The molecule has 0 aliphatic carbocycles. The lowest BCUT2D eigenvalue weighted by molar-refractivity contribution is -0.112. The predicted molar refractivity (Wildman–Crippen MR) is 98.3 cm³/mol. The van der Waals surface area contributed by atoms with E-state index in [4.69, 9.17) is 0 Å². The molecule has 25 heavy (non-hydrogen) atoms. The molecule has 0 heterocycles. The van der Waals surface area contributed by atoms with Gasteiger partial charge in [0.05, 0.1) is 0 Å². The summed E-state index contributed by atoms with van der Waals surface area (Å²) in [6.07, 6.45) is 1.38. The molecule has 126 valence electrons. The van der Waals surface area contributed by atoms with Crippen LogP contribution in [0.5, 0.6) is 0 Å². The first-order valence-corrected chi connectivity index (χ1v) is 7.77. The Morgan fingerprint density at radius 1 is 1.12 bits per heavy atom. The molecule has 5 nitrogen and oxygen atoms in total. The van der Waals surface area contributed by atoms with Crippen LogP contribution in [0, 0.1) is 25.2 Å². The van der Waals surface area contributed by atoms with Crippen molar-refractivity contribution < 1.29 is 9.59 Å². The molecule has 0 aliphatic rings. The first kappa shape index (κ1) is 18.0. The van der Waals surface area contributed by atoms with E-state index in [1.807, 2.05) is 38.1 Å². The molecule has 0 spiro atoms. The molecular weight excluding hydrogens is 314 g/mol. The third kappa shape index (κ3) is 4.79. The van der Waals surface area contributed by atoms with Crippen molar-refractivity contribution in [2.24, 2.45) is 0 Å². The number of carbonyl (C=O) groups is 2. The zero-order valence-corrected chi connectivity index (χ0v) is 14.4. The molecule has 0 unspecified atom stereocenters. The van der Waals surface area contributed by atoms with Gasteiger partial charge in [-0.2, -0.15) is 5.26 Å². The van der Waals surface area contributed by atoms with E-state index >= 15 is 0 Å². The summed E-state index contributed by atoms with van der Waals surface area (Å²) >= 11 is 0. The number of hydrogen-bond acceptors (Lipinski definition) is 4. The van der Waals surface area contributed by atoms with Gasteiger partial charge in [0, 0.05) is 23.1 Å². The van der Waals surface area contributed by atoms with Crippen molar-refractivity contribution in [1.82, 2.24) is 0 Å². The summed E-state index contributed by atoms with van der Waals surface area (Å²) in [4.78, 5) is 23.7. The number of amides is 1. The van der Waals surface area contributed by atoms with Gasteiger partial charge in [-0.05, 0) is 50.1 Å². The Kier molecular flexibility index (Phi) is 5.70. The fourth-order valence-electron chi connectivity index (χ4n) is 2.20. The van der Waals surface area contributed by atoms with Gasteiger partial charge in [0.2, 0.25) is 0 Å². The lowest BCUT2D eigenvalue weighted by atomic mass is 10.1. The zero-order valence-electron chi connectivity index (χ0n) is 14.4. The normalized spacial score (nSPS) is 10.7. The van der Waals surface area contributed by atoms with Crippen molar-refractivity contribution in [3.8, 4) is 6.07 Å². The Morgan fingerprint density at radius 2 is 1.88 bits per heavy atom. The van der Waals surface area contributed by atoms with Gasteiger partial charge in [-0.3, -0.25) is 9.59 Å². The maximum atomic E-state index is 12.3. The monoisotopic (exact) mass is 333 g/mol. The molecule has 0 fully saturated rings. The highest BCUT2D eigenvalue weighted by Crippen LogP contribution is 2.17. The van der Waals surface area contributed by atoms with Crippen LogP contribution < -0.4 is 10.6 Å². The summed E-state index contributed by atoms with van der Waals surface area (Å²) in [6, 6.07) is 14.4. The van der Waals surface area contributed by atoms with E-state index < -0.39 is 5.91 Å². The minimum Gasteiger partial charge on any atom is -0.360 e. The molecule has 1 amide bonds. The Labute approximate surface area is 147 Å². The second-order valence-corrected chi connectivity index (χ2v) is 5.72. The lowest BCUT2D eigenvalue weighted by Gasteiger charge is -2.08. The standard InChI is InChI=1S/C20H19N3O2/c1-13-7-8-14(2)19(9-13)22-12-17(11-21)20(25)23-18-6-4-5-16(10-18)15(3)24/h4-10,12,22H,1-3H3,(H,23,25)/b17-12-. The molecule has 2 N–H and O–H groups in total. The molecule has 0 aromatic heterocycles. The summed E-state index contributed by atoms with van der Waals surface area (Å²) in [7, 11) is 0. The van der Waals surface area contributed by atoms with Crippen LogP contribution in [0.1, 0.15) is 28.4 Å². The van der Waals surface area contributed by atoms with Gasteiger partial charge in [0.15, 0.2) is 5.78 Å². The number of ketones is 1. The highest BCUT2D eigenvalue weighted by Gasteiger charge is 2.10. The average Bonchev–Trinajstić information content (AvgIpc) is 2.58. The topological polar surface area (TPSA) is 82.0 Å². The fourth-order valence-corrected chi connectivity index (χ4v) is 2.20. The van der Waals surface area contributed by atoms with Crippen LogP contribution >= 0.6 is 0 Å². The summed E-state index contributed by atoms with van der Waals surface area (Å²) < 4.78 is 0. The molecule has 2 rings (SSSR count). The number of nitrogens with one attached hydrogen (secondary N) is 2. The van der Waals surface area contributed by atoms with Crippen molar-refractivity contribution in [2.45, 2.75) is 20.8 Å². The number of hydrogen-bond donors (Lipinski definition) is 2. The van der Waals surface area contributed by atoms with E-state index in [2.05, 4.69) is 10.6 Å². The summed E-state index contributed by atoms with van der Waals surface area (Å²) in [5.41, 5.74) is 3.81. The first-order valence-electron chi connectivity index (χ1n) is 7.77. The Balaban J connectivity index is 2.15. The molecule has 0 radical (unpaired) electrons. The smallest absolute Gasteiger partial charge is 0.267 e. The molecule has 0 aliphatic heterocycles. The number of nitrogens with zero attached hydrogens (tertiary/aromatic N) is 1. The van der Waals surface area contributed by atoms with Gasteiger partial charge in [-0.1, -0.05) is 24.3 Å². The molecule has 0 saturated carbocycles. The second-order valence-electron chi connectivity index (χ2n) is 5.72. The number of nitriles is 1. The number of Topliss-reactive ketones (excluding diaryl/α,β-unsaturated/α-hetero) is 1. The predicted octanol–water partition coefficient (Wildman–Crippen LogP) is 3.96. The van der Waals surface area contributed by atoms with Gasteiger partial charge >= 0.3 is 0 Å². The van der Waals surface area contributed by atoms with Crippen molar-refractivity contribution in [2.75, 3.05) is 10.6 Å². The zero-order chi connectivity index (χ0) is 18.4. The van der Waals surface area contributed by atoms with Crippen molar-refractivity contribution in [3.63, 3.8) is 0 Å². The molecule has 2 aromatic rings. The van der Waals surface area contributed by atoms with Crippen molar-refractivity contribution >= 4 is 23.1 Å². The maximum absolute atomic E-state index is 12.3. The SMILES string of the molecule is CC(=O)c1cccc(NC(=O)/C(C#N)=C\Nc2cc(C)ccc2C)c1. The minimum absolute atomic E-state index is 0.0610. The fraction of sp³-hybridized carbons (Fsp3) is 0.150. The third-order valence-electron chi connectivity index (χ3n) is 3.66. The van der Waals surface area contributed by atoms with E-state index in [-0.39, 0.29) is 11.4 Å². The summed E-state index contributed by atoms with van der Waals surface area (Å²) in [5.74, 6) is -0.634. The highest BCUT2D eigenvalue weighted by molar-refractivity contribution is 6.07.